The molecule has 0 rings (SSSR count). The van der Waals surface area contributed by atoms with Crippen LogP contribution in [0, 0.1) is 0 Å². The zero-order valence-corrected chi connectivity index (χ0v) is 14.5. The van der Waals surface area contributed by atoms with E-state index in [1.807, 2.05) is 0 Å². The summed E-state index contributed by atoms with van der Waals surface area (Å²) in [4.78, 5) is 18.8. The van der Waals surface area contributed by atoms with Gasteiger partial charge in [0.2, 0.25) is 0 Å². The summed E-state index contributed by atoms with van der Waals surface area (Å²) < 4.78 is 26.8. The molecule has 0 aromatic heterocycles. The van der Waals surface area contributed by atoms with Gasteiger partial charge >= 0.3 is 75.6 Å². The van der Waals surface area contributed by atoms with Gasteiger partial charge in [-0.15, -0.1) is 9.05 Å². The molecule has 0 amide bonds. The van der Waals surface area contributed by atoms with Crippen LogP contribution < -0.4 is 68.9 Å². The van der Waals surface area contributed by atoms with Gasteiger partial charge in [0, 0.05) is 0 Å². The van der Waals surface area contributed by atoms with Gasteiger partial charge in [-0.3, -0.25) is 0 Å². The fraction of sp³-hybridized carbons (Fsp3) is 1.00. The Morgan fingerprint density at radius 2 is 1.14 bits per heavy atom. The van der Waals surface area contributed by atoms with E-state index in [2.05, 4.69) is 9.05 Å². The average molecular weight is 262 g/mol. The minimum absolute atomic E-state index is 0. The van der Waals surface area contributed by atoms with Crippen LogP contribution in [0.1, 0.15) is 13.8 Å². The first kappa shape index (κ1) is 25.0. The summed E-state index contributed by atoms with van der Waals surface area (Å²) in [5, 5.41) is 0. The number of rotatable bonds is 4. The van der Waals surface area contributed by atoms with Crippen LogP contribution in [0.3, 0.4) is 0 Å². The van der Waals surface area contributed by atoms with Gasteiger partial charge in [-0.25, -0.2) is 0 Å². The van der Waals surface area contributed by atoms with E-state index in [0.29, 0.717) is 0 Å². The van der Waals surface area contributed by atoms with Crippen molar-refractivity contribution in [2.75, 3.05) is 13.2 Å². The van der Waals surface area contributed by atoms with E-state index in [0.717, 1.165) is 0 Å². The summed E-state index contributed by atoms with van der Waals surface area (Å²) >= 11 is 0. The molecule has 0 aromatic carbocycles. The maximum atomic E-state index is 9.41. The van der Waals surface area contributed by atoms with Crippen molar-refractivity contribution in [3.63, 3.8) is 0 Å². The predicted octanol–water partition coefficient (Wildman–Crippen LogP) is -5.91. The molecule has 10 heteroatoms. The van der Waals surface area contributed by atoms with Crippen LogP contribution in [0.4, 0.5) is 0 Å². The van der Waals surface area contributed by atoms with Gasteiger partial charge in [0.25, 0.3) is 0 Å². The summed E-state index contributed by atoms with van der Waals surface area (Å²) in [6.45, 7) is 3.70. The molecule has 0 bridgehead atoms. The Morgan fingerprint density at radius 1 is 0.929 bits per heavy atom. The molecule has 0 aromatic rings. The van der Waals surface area contributed by atoms with Crippen LogP contribution in [0.25, 0.3) is 0 Å². The third-order valence-corrected chi connectivity index (χ3v) is 1.41. The molecule has 14 heavy (non-hydrogen) atoms. The Hall–Kier alpha value is 2.04. The van der Waals surface area contributed by atoms with E-state index in [4.69, 9.17) is 0 Å². The fourth-order valence-corrected chi connectivity index (χ4v) is 0.632. The van der Waals surface area contributed by atoms with E-state index in [-0.39, 0.29) is 72.3 Å². The largest absolute Gasteiger partial charge is 1.00 e. The number of hydrogen-bond donors (Lipinski definition) is 0. The van der Waals surface area contributed by atoms with Crippen molar-refractivity contribution in [2.24, 2.45) is 0 Å². The van der Waals surface area contributed by atoms with Crippen LogP contribution in [0.5, 0.6) is 0 Å². The van der Waals surface area contributed by atoms with Crippen molar-refractivity contribution in [1.82, 2.24) is 0 Å². The monoisotopic (exact) mass is 262 g/mol. The van der Waals surface area contributed by atoms with Crippen molar-refractivity contribution < 1.29 is 87.1 Å². The fourth-order valence-electron chi connectivity index (χ4n) is 0.211. The van der Waals surface area contributed by atoms with Crippen molar-refractivity contribution in [1.29, 1.82) is 0 Å². The first-order chi connectivity index (χ1) is 5.54. The summed E-state index contributed by atoms with van der Waals surface area (Å²) in [5.74, 6) is 0. The molecule has 0 aliphatic carbocycles. The summed E-state index contributed by atoms with van der Waals surface area (Å²) in [5.41, 5.74) is 0. The molecule has 0 saturated heterocycles. The van der Waals surface area contributed by atoms with Crippen LogP contribution in [0.15, 0.2) is 0 Å². The molecule has 0 N–H and O–H groups in total. The molecule has 0 spiro atoms. The van der Waals surface area contributed by atoms with E-state index >= 15 is 0 Å². The molecule has 0 radical (unpaired) electrons. The van der Waals surface area contributed by atoms with E-state index < -0.39 is 16.5 Å². The maximum Gasteiger partial charge on any atom is 1.00 e. The molecular weight excluding hydrogens is 252 g/mol. The van der Waals surface area contributed by atoms with Gasteiger partial charge in [0.15, 0.2) is 0 Å². The smallest absolute Gasteiger partial charge is 0.566 e. The van der Waals surface area contributed by atoms with Gasteiger partial charge in [-0.05, 0) is 23.0 Å². The third-order valence-electron chi connectivity index (χ3n) is 0.469. The Labute approximate surface area is 129 Å². The summed E-state index contributed by atoms with van der Waals surface area (Å²) in [6.07, 6.45) is 0. The van der Waals surface area contributed by atoms with E-state index in [1.165, 1.54) is 0 Å². The van der Waals surface area contributed by atoms with Crippen LogP contribution in [0.2, 0.25) is 0 Å². The average Bonchev–Trinajstić information content (AvgIpc) is 1.87. The summed E-state index contributed by atoms with van der Waals surface area (Å²) in [7, 11) is -5.20. The zero-order chi connectivity index (χ0) is 9.98. The van der Waals surface area contributed by atoms with Gasteiger partial charge < -0.3 is 9.79 Å². The van der Waals surface area contributed by atoms with E-state index in [1.54, 1.807) is 13.8 Å². The van der Waals surface area contributed by atoms with Crippen LogP contribution in [-0.2, 0) is 18.2 Å². The molecule has 0 heterocycles. The topological polar surface area (TPSA) is 98.7 Å². The predicted molar refractivity (Wildman–Crippen MR) is 38.5 cm³/mol. The molecule has 0 saturated carbocycles. The van der Waals surface area contributed by atoms with Crippen LogP contribution >= 0.6 is 16.5 Å². The molecular formula is C4H10Na2O6P2+2. The maximum absolute atomic E-state index is 9.41. The first-order valence-electron chi connectivity index (χ1n) is 3.09. The molecule has 6 nitrogen and oxygen atoms in total. The molecule has 2 unspecified atom stereocenters. The second kappa shape index (κ2) is 20.5. The SMILES string of the molecule is CCO[P+](=O)[O-].CCO[P+](=O)[O-].[Na+].[Na+]. The number of hydrogen-bond acceptors (Lipinski definition) is 6. The molecule has 0 aliphatic heterocycles. The van der Waals surface area contributed by atoms with Gasteiger partial charge in [-0.2, -0.15) is 0 Å². The second-order valence-corrected chi connectivity index (χ2v) is 2.69. The Kier molecular flexibility index (Phi) is 36.6. The van der Waals surface area contributed by atoms with Crippen molar-refractivity contribution in [3.05, 3.63) is 0 Å². The van der Waals surface area contributed by atoms with Crippen molar-refractivity contribution in [3.8, 4) is 0 Å². The standard InChI is InChI=1S/2C2H5O3P.2Na/c2*1-2-5-6(3)4;;/h2*2H2,1H3;;/q;;2*+1. The van der Waals surface area contributed by atoms with Gasteiger partial charge in [-0.1, -0.05) is 0 Å². The molecule has 72 valence electrons. The minimum Gasteiger partial charge on any atom is -0.566 e. The summed E-state index contributed by atoms with van der Waals surface area (Å²) in [6, 6.07) is 0. The third kappa shape index (κ3) is 36.9. The molecule has 0 fully saturated rings. The van der Waals surface area contributed by atoms with Gasteiger partial charge in [0.1, 0.15) is 0 Å². The second-order valence-electron chi connectivity index (χ2n) is 1.28. The Bertz CT molecular complexity index is 130. The normalized spacial score (nSPS) is 9.71. The van der Waals surface area contributed by atoms with Crippen molar-refractivity contribution >= 4 is 16.5 Å². The van der Waals surface area contributed by atoms with Crippen LogP contribution in [-0.4, -0.2) is 13.2 Å². The van der Waals surface area contributed by atoms with E-state index in [9.17, 15) is 18.9 Å². The zero-order valence-electron chi connectivity index (χ0n) is 8.76. The van der Waals surface area contributed by atoms with Crippen molar-refractivity contribution in [2.45, 2.75) is 13.8 Å². The Balaban J connectivity index is -0.0000000625. The quantitative estimate of drug-likeness (QED) is 0.369. The first-order valence-corrected chi connectivity index (χ1v) is 5.28. The molecule has 2 atom stereocenters. The molecule has 0 aliphatic rings. The Morgan fingerprint density at radius 3 is 1.14 bits per heavy atom. The van der Waals surface area contributed by atoms with Gasteiger partial charge in [0.05, 0.1) is 13.2 Å². The minimum atomic E-state index is -2.60.